The van der Waals surface area contributed by atoms with Crippen molar-refractivity contribution in [2.75, 3.05) is 0 Å². The van der Waals surface area contributed by atoms with Crippen LogP contribution in [0, 0.1) is 11.7 Å². The van der Waals surface area contributed by atoms with Crippen LogP contribution in [0.4, 0.5) is 13.2 Å². The number of nitrogens with one attached hydrogen (secondary N) is 2. The summed E-state index contributed by atoms with van der Waals surface area (Å²) in [7, 11) is 0. The molecule has 9 heteroatoms. The van der Waals surface area contributed by atoms with Crippen molar-refractivity contribution in [2.45, 2.75) is 39.0 Å². The Hall–Kier alpha value is -2.94. The number of amides is 1. The Kier molecular flexibility index (Phi) is 6.40. The van der Waals surface area contributed by atoms with Gasteiger partial charge in [0.1, 0.15) is 0 Å². The van der Waals surface area contributed by atoms with E-state index in [1.54, 1.807) is 17.6 Å². The van der Waals surface area contributed by atoms with E-state index >= 15 is 0 Å². The second-order valence-corrected chi connectivity index (χ2v) is 7.42. The number of halogens is 3. The zero-order chi connectivity index (χ0) is 21.9. The van der Waals surface area contributed by atoms with Crippen molar-refractivity contribution in [2.24, 2.45) is 0 Å². The quantitative estimate of drug-likeness (QED) is 0.524. The molecule has 0 aliphatic carbocycles. The van der Waals surface area contributed by atoms with Gasteiger partial charge in [-0.15, -0.1) is 0 Å². The third-order valence-corrected chi connectivity index (χ3v) is 5.00. The average Bonchev–Trinajstić information content (AvgIpc) is 3.06. The van der Waals surface area contributed by atoms with Crippen LogP contribution in [0.2, 0.25) is 0 Å². The van der Waals surface area contributed by atoms with E-state index in [4.69, 9.17) is 12.2 Å². The molecule has 2 aromatic carbocycles. The van der Waals surface area contributed by atoms with Crippen LogP contribution in [0.1, 0.15) is 36.1 Å². The molecule has 2 N–H and O–H groups in total. The number of aryl methyl sites for hydroxylation is 1. The molecule has 1 unspecified atom stereocenters. The Morgan fingerprint density at radius 1 is 1.23 bits per heavy atom. The molecule has 0 aliphatic rings. The molecule has 0 aliphatic heterocycles. The van der Waals surface area contributed by atoms with Gasteiger partial charge < -0.3 is 5.32 Å². The van der Waals surface area contributed by atoms with E-state index in [1.165, 1.54) is 6.07 Å². The van der Waals surface area contributed by atoms with Crippen molar-refractivity contribution < 1.29 is 18.0 Å². The van der Waals surface area contributed by atoms with Gasteiger partial charge in [-0.25, -0.2) is 0 Å². The van der Waals surface area contributed by atoms with Crippen LogP contribution >= 0.6 is 12.2 Å². The standard InChI is InChI=1S/C21H21F3N4OS/c1-13-5-3-7-16(11-13)19-26-27-20(30)28(19)10-9-18(29)25-14(2)15-6-4-8-17(12-15)21(22,23)24/h3-8,11-12,14H,9-10H2,1-2H3,(H,25,29)(H,27,30). The summed E-state index contributed by atoms with van der Waals surface area (Å²) in [6.07, 6.45) is -4.32. The smallest absolute Gasteiger partial charge is 0.350 e. The highest BCUT2D eigenvalue weighted by molar-refractivity contribution is 7.71. The summed E-state index contributed by atoms with van der Waals surface area (Å²) in [5.41, 5.74) is 1.59. The molecule has 0 fully saturated rings. The summed E-state index contributed by atoms with van der Waals surface area (Å²) in [6, 6.07) is 12.1. The molecule has 5 nitrogen and oxygen atoms in total. The number of rotatable bonds is 6. The maximum atomic E-state index is 12.9. The number of nitrogens with zero attached hydrogens (tertiary/aromatic N) is 2. The maximum Gasteiger partial charge on any atom is 0.416 e. The van der Waals surface area contributed by atoms with Crippen molar-refractivity contribution in [3.63, 3.8) is 0 Å². The van der Waals surface area contributed by atoms with Gasteiger partial charge in [0, 0.05) is 18.5 Å². The molecule has 3 aromatic rings. The SMILES string of the molecule is Cc1cccc(-c2n[nH]c(=S)n2CCC(=O)NC(C)c2cccc(C(F)(F)F)c2)c1. The summed E-state index contributed by atoms with van der Waals surface area (Å²) in [5.74, 6) is 0.334. The molecule has 0 bridgehead atoms. The zero-order valence-electron chi connectivity index (χ0n) is 16.5. The number of H-pyrrole nitrogens is 1. The first-order chi connectivity index (χ1) is 14.1. The lowest BCUT2D eigenvalue weighted by Crippen LogP contribution is -2.27. The van der Waals surface area contributed by atoms with Crippen molar-refractivity contribution in [1.29, 1.82) is 0 Å². The van der Waals surface area contributed by atoms with E-state index in [1.807, 2.05) is 31.2 Å². The van der Waals surface area contributed by atoms with Gasteiger partial charge in [-0.3, -0.25) is 14.5 Å². The Morgan fingerprint density at radius 2 is 1.97 bits per heavy atom. The van der Waals surface area contributed by atoms with Crippen molar-refractivity contribution in [3.8, 4) is 11.4 Å². The van der Waals surface area contributed by atoms with Gasteiger partial charge in [-0.2, -0.15) is 18.3 Å². The number of aromatic nitrogens is 3. The number of hydrogen-bond acceptors (Lipinski definition) is 3. The zero-order valence-corrected chi connectivity index (χ0v) is 17.3. The topological polar surface area (TPSA) is 62.7 Å². The Bertz CT molecular complexity index is 1100. The van der Waals surface area contributed by atoms with Gasteiger partial charge in [0.15, 0.2) is 10.6 Å². The molecule has 0 radical (unpaired) electrons. The number of carbonyl (C=O) groups excluding carboxylic acids is 1. The predicted molar refractivity (Wildman–Crippen MR) is 110 cm³/mol. The molecule has 30 heavy (non-hydrogen) atoms. The summed E-state index contributed by atoms with van der Waals surface area (Å²) < 4.78 is 40.8. The highest BCUT2D eigenvalue weighted by Crippen LogP contribution is 2.30. The second-order valence-electron chi connectivity index (χ2n) is 7.04. The van der Waals surface area contributed by atoms with Crippen molar-refractivity contribution in [3.05, 3.63) is 70.0 Å². The van der Waals surface area contributed by atoms with Gasteiger partial charge in [0.2, 0.25) is 5.91 Å². The maximum absolute atomic E-state index is 12.9. The molecule has 1 aromatic heterocycles. The van der Waals surface area contributed by atoms with Crippen LogP contribution in [0.3, 0.4) is 0 Å². The van der Waals surface area contributed by atoms with E-state index in [9.17, 15) is 18.0 Å². The Labute approximate surface area is 176 Å². The van der Waals surface area contributed by atoms with E-state index in [0.29, 0.717) is 22.7 Å². The number of aromatic amines is 1. The van der Waals surface area contributed by atoms with Crippen LogP contribution in [0.5, 0.6) is 0 Å². The third kappa shape index (κ3) is 5.15. The van der Waals surface area contributed by atoms with Gasteiger partial charge in [-0.05, 0) is 49.8 Å². The normalized spacial score (nSPS) is 12.6. The molecule has 158 valence electrons. The Morgan fingerprint density at radius 3 is 2.67 bits per heavy atom. The average molecular weight is 434 g/mol. The number of alkyl halides is 3. The molecule has 0 saturated heterocycles. The lowest BCUT2D eigenvalue weighted by molar-refractivity contribution is -0.137. The second kappa shape index (κ2) is 8.83. The van der Waals surface area contributed by atoms with E-state index in [0.717, 1.165) is 23.3 Å². The van der Waals surface area contributed by atoms with E-state index in [2.05, 4.69) is 15.5 Å². The van der Waals surface area contributed by atoms with Crippen LogP contribution < -0.4 is 5.32 Å². The molecule has 0 spiro atoms. The first-order valence-corrected chi connectivity index (χ1v) is 9.75. The molecule has 3 rings (SSSR count). The summed E-state index contributed by atoms with van der Waals surface area (Å²) >= 11 is 5.28. The molecule has 1 heterocycles. The number of benzene rings is 2. The fourth-order valence-electron chi connectivity index (χ4n) is 3.12. The molecular weight excluding hydrogens is 413 g/mol. The fraction of sp³-hybridized carbons (Fsp3) is 0.286. The molecule has 0 saturated carbocycles. The van der Waals surface area contributed by atoms with Gasteiger partial charge in [0.05, 0.1) is 11.6 Å². The minimum absolute atomic E-state index is 0.107. The van der Waals surface area contributed by atoms with Crippen molar-refractivity contribution >= 4 is 18.1 Å². The predicted octanol–water partition coefficient (Wildman–Crippen LogP) is 5.20. The largest absolute Gasteiger partial charge is 0.416 e. The lowest BCUT2D eigenvalue weighted by atomic mass is 10.0. The monoisotopic (exact) mass is 434 g/mol. The lowest BCUT2D eigenvalue weighted by Gasteiger charge is -2.16. The number of hydrogen-bond donors (Lipinski definition) is 2. The minimum atomic E-state index is -4.43. The van der Waals surface area contributed by atoms with Crippen LogP contribution in [-0.2, 0) is 17.5 Å². The molecule has 1 amide bonds. The fourth-order valence-corrected chi connectivity index (χ4v) is 3.35. The first kappa shape index (κ1) is 21.8. The van der Waals surface area contributed by atoms with Crippen molar-refractivity contribution in [1.82, 2.24) is 20.1 Å². The van der Waals surface area contributed by atoms with Crippen LogP contribution in [-0.4, -0.2) is 20.7 Å². The summed E-state index contributed by atoms with van der Waals surface area (Å²) in [6.45, 7) is 3.91. The van der Waals surface area contributed by atoms with Crippen LogP contribution in [0.15, 0.2) is 48.5 Å². The van der Waals surface area contributed by atoms with Crippen LogP contribution in [0.25, 0.3) is 11.4 Å². The van der Waals surface area contributed by atoms with Gasteiger partial charge in [0.25, 0.3) is 0 Å². The highest BCUT2D eigenvalue weighted by Gasteiger charge is 2.30. The highest BCUT2D eigenvalue weighted by atomic mass is 32.1. The Balaban J connectivity index is 1.67. The number of carbonyl (C=O) groups is 1. The van der Waals surface area contributed by atoms with Gasteiger partial charge >= 0.3 is 6.18 Å². The molecule has 1 atom stereocenters. The summed E-state index contributed by atoms with van der Waals surface area (Å²) in [4.78, 5) is 12.4. The summed E-state index contributed by atoms with van der Waals surface area (Å²) in [5, 5.41) is 9.74. The first-order valence-electron chi connectivity index (χ1n) is 9.34. The van der Waals surface area contributed by atoms with Gasteiger partial charge in [-0.1, -0.05) is 35.9 Å². The van der Waals surface area contributed by atoms with E-state index in [-0.39, 0.29) is 12.3 Å². The molecular formula is C21H21F3N4OS. The van der Waals surface area contributed by atoms with E-state index < -0.39 is 17.8 Å². The minimum Gasteiger partial charge on any atom is -0.350 e. The third-order valence-electron chi connectivity index (χ3n) is 4.69.